The first kappa shape index (κ1) is 23.6. The van der Waals surface area contributed by atoms with Gasteiger partial charge in [0.1, 0.15) is 36.8 Å². The minimum Gasteiger partial charge on any atom is -0.387 e. The Bertz CT molecular complexity index is 1050. The summed E-state index contributed by atoms with van der Waals surface area (Å²) in [6.07, 6.45) is -2.99. The van der Waals surface area contributed by atoms with Crippen molar-refractivity contribution in [1.29, 1.82) is 0 Å². The molecule has 30 heavy (non-hydrogen) atoms. The number of aliphatic hydroxyl groups excluding tert-OH is 2. The molecule has 20 heteroatoms. The second-order valence-electron chi connectivity index (χ2n) is 5.77. The minimum atomic E-state index is -5.20. The van der Waals surface area contributed by atoms with Gasteiger partial charge in [-0.3, -0.25) is 9.46 Å². The third-order valence-electron chi connectivity index (χ3n) is 3.72. The largest absolute Gasteiger partial charge is 0.708 e. The Morgan fingerprint density at radius 2 is 1.97 bits per heavy atom. The number of fused-ring (bicyclic) bond motifs is 1. The molecule has 1 saturated heterocycles. The van der Waals surface area contributed by atoms with E-state index in [9.17, 15) is 24.2 Å². The third kappa shape index (κ3) is 5.41. The Labute approximate surface area is 173 Å². The van der Waals surface area contributed by atoms with Gasteiger partial charge in [-0.05, 0) is 16.1 Å². The van der Waals surface area contributed by atoms with Crippen molar-refractivity contribution < 1.29 is 51.9 Å². The highest BCUT2D eigenvalue weighted by atomic mass is 32.5. The summed E-state index contributed by atoms with van der Waals surface area (Å²) in [5, 5.41) is 20.4. The van der Waals surface area contributed by atoms with Crippen LogP contribution in [0.2, 0.25) is 0 Å². The van der Waals surface area contributed by atoms with E-state index in [-0.39, 0.29) is 17.0 Å². The molecule has 1 aliphatic heterocycles. The minimum absolute atomic E-state index is 0.0905. The van der Waals surface area contributed by atoms with Crippen molar-refractivity contribution in [2.75, 3.05) is 12.3 Å². The number of ether oxygens (including phenoxy) is 1. The number of phosphoric acid groups is 1. The Morgan fingerprint density at radius 1 is 1.27 bits per heavy atom. The van der Waals surface area contributed by atoms with Crippen molar-refractivity contribution in [3.8, 4) is 0 Å². The van der Waals surface area contributed by atoms with Crippen LogP contribution in [0.5, 0.6) is 0 Å². The zero-order chi connectivity index (χ0) is 22.3. The summed E-state index contributed by atoms with van der Waals surface area (Å²) in [4.78, 5) is 38.7. The number of anilines is 1. The molecule has 1 aliphatic rings. The first-order valence-electron chi connectivity index (χ1n) is 7.72. The van der Waals surface area contributed by atoms with E-state index in [0.29, 0.717) is 0 Å². The zero-order valence-electron chi connectivity index (χ0n) is 14.5. The van der Waals surface area contributed by atoms with Gasteiger partial charge in [0.15, 0.2) is 17.7 Å². The number of aromatic nitrogens is 4. The van der Waals surface area contributed by atoms with E-state index in [1.165, 1.54) is 17.2 Å². The van der Waals surface area contributed by atoms with E-state index >= 15 is 0 Å². The van der Waals surface area contributed by atoms with Crippen LogP contribution in [0.1, 0.15) is 6.23 Å². The lowest BCUT2D eigenvalue weighted by molar-refractivity contribution is -0.0476. The topological polar surface area (TPSA) is 242 Å². The van der Waals surface area contributed by atoms with Gasteiger partial charge in [0.25, 0.3) is 0 Å². The molecule has 6 atom stereocenters. The second kappa shape index (κ2) is 8.84. The summed E-state index contributed by atoms with van der Waals surface area (Å²) in [6.45, 7) is -5.23. The highest BCUT2D eigenvalue weighted by molar-refractivity contribution is 8.08. The molecule has 0 aliphatic carbocycles. The monoisotopic (exact) mass is 506 g/mol. The second-order valence-corrected chi connectivity index (χ2v) is 11.1. The highest BCUT2D eigenvalue weighted by Crippen LogP contribution is 2.62. The van der Waals surface area contributed by atoms with Crippen LogP contribution >= 0.6 is 22.8 Å². The maximum absolute atomic E-state index is 11.7. The molecular formula is C10H15N5O11P3S+. The average Bonchev–Trinajstić information content (AvgIpc) is 3.14. The van der Waals surface area contributed by atoms with Gasteiger partial charge in [0.2, 0.25) is 0 Å². The first-order valence-corrected chi connectivity index (χ1v) is 12.9. The summed E-state index contributed by atoms with van der Waals surface area (Å²) in [5.41, 5.74) is 6.15. The van der Waals surface area contributed by atoms with Crippen LogP contribution in [0.25, 0.3) is 11.2 Å². The van der Waals surface area contributed by atoms with Crippen LogP contribution in [0.15, 0.2) is 12.7 Å². The van der Waals surface area contributed by atoms with Gasteiger partial charge in [0.05, 0.1) is 6.33 Å². The highest BCUT2D eigenvalue weighted by Gasteiger charge is 2.47. The molecule has 7 N–H and O–H groups in total. The lowest BCUT2D eigenvalue weighted by atomic mass is 10.1. The smallest absolute Gasteiger partial charge is 0.387 e. The molecule has 2 unspecified atom stereocenters. The summed E-state index contributed by atoms with van der Waals surface area (Å²) in [7, 11) is -8.53. The van der Waals surface area contributed by atoms with Crippen LogP contribution in [-0.2, 0) is 38.8 Å². The van der Waals surface area contributed by atoms with Crippen molar-refractivity contribution in [2.24, 2.45) is 0 Å². The fourth-order valence-electron chi connectivity index (χ4n) is 2.54. The fraction of sp³-hybridized carbons (Fsp3) is 0.500. The van der Waals surface area contributed by atoms with E-state index in [1.807, 2.05) is 0 Å². The van der Waals surface area contributed by atoms with Gasteiger partial charge in [0, 0.05) is 4.57 Å². The molecule has 0 bridgehead atoms. The number of hydrogen-bond acceptors (Lipinski definition) is 13. The molecule has 166 valence electrons. The number of nitrogen functional groups attached to an aromatic ring is 1. The summed E-state index contributed by atoms with van der Waals surface area (Å²) in [5.74, 6) is 0.0905. The number of rotatable bonds is 8. The molecule has 0 saturated carbocycles. The molecule has 2 aromatic rings. The lowest BCUT2D eigenvalue weighted by Crippen LogP contribution is -2.33. The Kier molecular flexibility index (Phi) is 6.96. The number of nitrogens with zero attached hydrogens (tertiary/aromatic N) is 4. The van der Waals surface area contributed by atoms with E-state index in [0.717, 1.165) is 0 Å². The molecule has 3 heterocycles. The third-order valence-corrected chi connectivity index (χ3v) is 7.72. The van der Waals surface area contributed by atoms with Gasteiger partial charge in [-0.2, -0.15) is 0 Å². The van der Waals surface area contributed by atoms with Crippen molar-refractivity contribution >= 4 is 51.6 Å². The number of nitrogens with two attached hydrogens (primary N) is 1. The normalized spacial score (nSPS) is 27.3. The zero-order valence-corrected chi connectivity index (χ0v) is 18.0. The molecule has 0 radical (unpaired) electrons. The van der Waals surface area contributed by atoms with E-state index in [1.54, 1.807) is 0 Å². The fourth-order valence-corrected chi connectivity index (χ4v) is 5.90. The van der Waals surface area contributed by atoms with E-state index < -0.39 is 53.9 Å². The Balaban J connectivity index is 1.64. The SMILES string of the molecule is Nc1ncnc2c1ncn2[C@@H]1O[C@H](CO[P+](=O)OP(=O)(O)OP(O)(O)=S)[C@@H](O)[C@H]1O. The van der Waals surface area contributed by atoms with Crippen molar-refractivity contribution in [3.05, 3.63) is 12.7 Å². The predicted octanol–water partition coefficient (Wildman–Crippen LogP) is -0.956. The standard InChI is InChI=1S/C10H14N5O11P3S/c11-8-5-9(13-2-12-8)15(3-14-5)10-7(17)6(16)4(24-10)1-23-27(18)25-28(19,20)26-29(21,22)30/h2-4,6-7,10,16-17H,1H2,(H4-,11,12,13,19,20,21,22,30)/p+1/t4-,6-,7-,10-/m1/s1. The molecule has 0 aromatic carbocycles. The summed E-state index contributed by atoms with van der Waals surface area (Å²) >= 11 is 4.01. The maximum Gasteiger partial charge on any atom is 0.708 e. The van der Waals surface area contributed by atoms with Gasteiger partial charge in [-0.15, -0.1) is 4.52 Å². The quantitative estimate of drug-likeness (QED) is 0.236. The van der Waals surface area contributed by atoms with Crippen LogP contribution in [0.4, 0.5) is 5.82 Å². The van der Waals surface area contributed by atoms with Crippen molar-refractivity contribution in [3.63, 3.8) is 0 Å². The van der Waals surface area contributed by atoms with Crippen molar-refractivity contribution in [2.45, 2.75) is 24.5 Å². The molecule has 16 nitrogen and oxygen atoms in total. The number of imidazole rings is 1. The maximum atomic E-state index is 11.7. The van der Waals surface area contributed by atoms with Gasteiger partial charge < -0.3 is 30.5 Å². The van der Waals surface area contributed by atoms with Crippen molar-refractivity contribution in [1.82, 2.24) is 19.5 Å². The molecule has 3 rings (SSSR count). The molecule has 1 fully saturated rings. The number of hydrogen-bond donors (Lipinski definition) is 6. The van der Waals surface area contributed by atoms with Crippen LogP contribution in [-0.4, -0.2) is 69.3 Å². The van der Waals surface area contributed by atoms with Crippen LogP contribution in [0, 0.1) is 0 Å². The molecule has 0 amide bonds. The van der Waals surface area contributed by atoms with Gasteiger partial charge >= 0.3 is 22.8 Å². The van der Waals surface area contributed by atoms with Crippen LogP contribution in [0.3, 0.4) is 0 Å². The lowest BCUT2D eigenvalue weighted by Gasteiger charge is -2.16. The predicted molar refractivity (Wildman–Crippen MR) is 99.9 cm³/mol. The summed E-state index contributed by atoms with van der Waals surface area (Å²) < 4.78 is 42.5. The van der Waals surface area contributed by atoms with Crippen LogP contribution < -0.4 is 5.73 Å². The van der Waals surface area contributed by atoms with E-state index in [2.05, 4.69) is 35.4 Å². The summed E-state index contributed by atoms with van der Waals surface area (Å²) in [6, 6.07) is 0. The molecule has 0 spiro atoms. The number of aliphatic hydroxyl groups is 2. The first-order chi connectivity index (χ1) is 13.9. The van der Waals surface area contributed by atoms with E-state index in [4.69, 9.17) is 24.8 Å². The molecular weight excluding hydrogens is 491 g/mol. The van der Waals surface area contributed by atoms with Gasteiger partial charge in [-0.1, -0.05) is 0 Å². The average molecular weight is 506 g/mol. The Hall–Kier alpha value is -1.03. The van der Waals surface area contributed by atoms with Gasteiger partial charge in [-0.25, -0.2) is 23.8 Å². The molecule has 2 aromatic heterocycles. The Morgan fingerprint density at radius 3 is 2.63 bits per heavy atom.